The molecule has 1 aromatic carbocycles. The molecule has 0 saturated carbocycles. The highest BCUT2D eigenvalue weighted by Gasteiger charge is 2.26. The number of carbonyl (C=O) groups is 2. The summed E-state index contributed by atoms with van der Waals surface area (Å²) in [6.07, 6.45) is 3.76. The van der Waals surface area contributed by atoms with Crippen molar-refractivity contribution >= 4 is 39.9 Å². The predicted molar refractivity (Wildman–Crippen MR) is 117 cm³/mol. The topological polar surface area (TPSA) is 74.3 Å². The molecule has 1 aliphatic heterocycles. The van der Waals surface area contributed by atoms with E-state index in [-0.39, 0.29) is 17.7 Å². The Morgan fingerprint density at radius 3 is 2.62 bits per heavy atom. The van der Waals surface area contributed by atoms with Gasteiger partial charge in [-0.3, -0.25) is 14.5 Å². The second-order valence-electron chi connectivity index (χ2n) is 7.65. The normalized spacial score (nSPS) is 15.9. The Kier molecular flexibility index (Phi) is 7.64. The molecule has 1 atom stereocenters. The zero-order chi connectivity index (χ0) is 20.8. The smallest absolute Gasteiger partial charge is 0.253 e. The van der Waals surface area contributed by atoms with E-state index in [1.54, 1.807) is 24.3 Å². The van der Waals surface area contributed by atoms with Gasteiger partial charge in [-0.25, -0.2) is 4.98 Å². The molecule has 3 rings (SSSR count). The summed E-state index contributed by atoms with van der Waals surface area (Å²) in [5.74, 6) is -0.733. The number of rotatable bonds is 7. The summed E-state index contributed by atoms with van der Waals surface area (Å²) in [6, 6.07) is 6.11. The van der Waals surface area contributed by atoms with E-state index in [2.05, 4.69) is 20.5 Å². The first-order valence-electron chi connectivity index (χ1n) is 9.97. The third-order valence-electron chi connectivity index (χ3n) is 4.97. The quantitative estimate of drug-likeness (QED) is 0.685. The lowest BCUT2D eigenvalue weighted by Crippen LogP contribution is -2.47. The van der Waals surface area contributed by atoms with Crippen LogP contribution in [0.3, 0.4) is 0 Å². The number of halogens is 1. The number of anilines is 1. The lowest BCUT2D eigenvalue weighted by atomic mass is 10.0. The number of likely N-dealkylation sites (tertiary alicyclic amines) is 1. The molecule has 156 valence electrons. The number of hydrogen-bond donors (Lipinski definition) is 2. The standard InChI is InChI=1S/C21H27ClN4O2S/c1-14(2)18(24-19(27)16-8-4-5-9-17(16)22)20(28)25-21-23-15(13-29-21)12-26-10-6-3-7-11-26/h4-5,8-9,13-14,18H,3,6-7,10-12H2,1-2H3,(H,24,27)(H,23,25,28). The third-order valence-corrected chi connectivity index (χ3v) is 6.11. The fraction of sp³-hybridized carbons (Fsp3) is 0.476. The summed E-state index contributed by atoms with van der Waals surface area (Å²) in [5, 5.41) is 8.55. The minimum Gasteiger partial charge on any atom is -0.340 e. The van der Waals surface area contributed by atoms with Crippen molar-refractivity contribution in [3.63, 3.8) is 0 Å². The van der Waals surface area contributed by atoms with Gasteiger partial charge in [-0.1, -0.05) is 44.0 Å². The molecule has 6 nitrogen and oxygen atoms in total. The fourth-order valence-corrected chi connectivity index (χ4v) is 4.29. The van der Waals surface area contributed by atoms with Crippen LogP contribution in [-0.4, -0.2) is 40.8 Å². The van der Waals surface area contributed by atoms with Gasteiger partial charge in [0.25, 0.3) is 5.91 Å². The Labute approximate surface area is 180 Å². The molecule has 29 heavy (non-hydrogen) atoms. The van der Waals surface area contributed by atoms with Crippen LogP contribution in [0.5, 0.6) is 0 Å². The fourth-order valence-electron chi connectivity index (χ4n) is 3.37. The van der Waals surface area contributed by atoms with E-state index in [0.717, 1.165) is 25.3 Å². The third kappa shape index (κ3) is 6.01. The molecule has 1 aliphatic rings. The number of benzene rings is 1. The lowest BCUT2D eigenvalue weighted by Gasteiger charge is -2.25. The maximum atomic E-state index is 12.8. The largest absolute Gasteiger partial charge is 0.340 e. The van der Waals surface area contributed by atoms with E-state index in [1.165, 1.54) is 30.6 Å². The van der Waals surface area contributed by atoms with Crippen LogP contribution in [0.2, 0.25) is 5.02 Å². The Balaban J connectivity index is 1.61. The molecule has 1 aromatic heterocycles. The SMILES string of the molecule is CC(C)C(NC(=O)c1ccccc1Cl)C(=O)Nc1nc(CN2CCCCC2)cs1. The average molecular weight is 435 g/mol. The summed E-state index contributed by atoms with van der Waals surface area (Å²) in [7, 11) is 0. The number of hydrogen-bond acceptors (Lipinski definition) is 5. The van der Waals surface area contributed by atoms with Gasteiger partial charge < -0.3 is 10.6 Å². The second-order valence-corrected chi connectivity index (χ2v) is 8.91. The molecule has 1 unspecified atom stereocenters. The van der Waals surface area contributed by atoms with Gasteiger partial charge in [0.05, 0.1) is 16.3 Å². The van der Waals surface area contributed by atoms with Gasteiger partial charge in [0.1, 0.15) is 6.04 Å². The zero-order valence-electron chi connectivity index (χ0n) is 16.8. The van der Waals surface area contributed by atoms with Crippen molar-refractivity contribution in [2.45, 2.75) is 45.7 Å². The molecule has 1 saturated heterocycles. The first kappa shape index (κ1) is 21.7. The average Bonchev–Trinajstić information content (AvgIpc) is 3.13. The molecule has 1 fully saturated rings. The highest BCUT2D eigenvalue weighted by Crippen LogP contribution is 2.20. The number of aromatic nitrogens is 1. The van der Waals surface area contributed by atoms with Gasteiger partial charge >= 0.3 is 0 Å². The van der Waals surface area contributed by atoms with E-state index in [9.17, 15) is 9.59 Å². The summed E-state index contributed by atoms with van der Waals surface area (Å²) < 4.78 is 0. The highest BCUT2D eigenvalue weighted by atomic mass is 35.5. The summed E-state index contributed by atoms with van der Waals surface area (Å²) in [5.41, 5.74) is 1.32. The van der Waals surface area contributed by atoms with Crippen molar-refractivity contribution in [2.24, 2.45) is 5.92 Å². The van der Waals surface area contributed by atoms with Crippen molar-refractivity contribution in [1.82, 2.24) is 15.2 Å². The van der Waals surface area contributed by atoms with E-state index >= 15 is 0 Å². The van der Waals surface area contributed by atoms with E-state index in [0.29, 0.717) is 15.7 Å². The summed E-state index contributed by atoms with van der Waals surface area (Å²) in [4.78, 5) is 32.3. The van der Waals surface area contributed by atoms with Crippen LogP contribution >= 0.6 is 22.9 Å². The monoisotopic (exact) mass is 434 g/mol. The van der Waals surface area contributed by atoms with E-state index < -0.39 is 6.04 Å². The first-order valence-corrected chi connectivity index (χ1v) is 11.2. The zero-order valence-corrected chi connectivity index (χ0v) is 18.4. The molecule has 2 amide bonds. The Morgan fingerprint density at radius 2 is 1.93 bits per heavy atom. The van der Waals surface area contributed by atoms with Gasteiger partial charge in [0, 0.05) is 11.9 Å². The molecule has 0 bridgehead atoms. The lowest BCUT2D eigenvalue weighted by molar-refractivity contribution is -0.118. The summed E-state index contributed by atoms with van der Waals surface area (Å²) >= 11 is 7.51. The molecule has 0 radical (unpaired) electrons. The first-order chi connectivity index (χ1) is 13.9. The molecule has 0 spiro atoms. The molecular formula is C21H27ClN4O2S. The summed E-state index contributed by atoms with van der Waals surface area (Å²) in [6.45, 7) is 6.79. The Morgan fingerprint density at radius 1 is 1.21 bits per heavy atom. The van der Waals surface area contributed by atoms with Crippen LogP contribution < -0.4 is 10.6 Å². The van der Waals surface area contributed by atoms with Crippen LogP contribution in [0.25, 0.3) is 0 Å². The Hall–Kier alpha value is -1.96. The maximum absolute atomic E-state index is 12.8. The van der Waals surface area contributed by atoms with Gasteiger partial charge in [-0.15, -0.1) is 11.3 Å². The van der Waals surface area contributed by atoms with Gasteiger partial charge in [0.15, 0.2) is 5.13 Å². The van der Waals surface area contributed by atoms with Crippen molar-refractivity contribution in [3.8, 4) is 0 Å². The number of carbonyl (C=O) groups excluding carboxylic acids is 2. The minimum absolute atomic E-state index is 0.0887. The number of nitrogens with one attached hydrogen (secondary N) is 2. The number of nitrogens with zero attached hydrogens (tertiary/aromatic N) is 2. The molecule has 2 aromatic rings. The van der Waals surface area contributed by atoms with Crippen molar-refractivity contribution in [3.05, 3.63) is 45.9 Å². The van der Waals surface area contributed by atoms with Crippen LogP contribution in [-0.2, 0) is 11.3 Å². The predicted octanol–water partition coefficient (Wildman–Crippen LogP) is 4.18. The van der Waals surface area contributed by atoms with Gasteiger partial charge in [-0.05, 0) is 44.0 Å². The number of piperidine rings is 1. The maximum Gasteiger partial charge on any atom is 0.253 e. The molecular weight excluding hydrogens is 408 g/mol. The van der Waals surface area contributed by atoms with Crippen molar-refractivity contribution in [1.29, 1.82) is 0 Å². The molecule has 0 aliphatic carbocycles. The second kappa shape index (κ2) is 10.2. The molecule has 2 N–H and O–H groups in total. The Bertz CT molecular complexity index is 849. The van der Waals surface area contributed by atoms with Crippen LogP contribution in [0.4, 0.5) is 5.13 Å². The molecule has 2 heterocycles. The molecule has 8 heteroatoms. The number of amides is 2. The van der Waals surface area contributed by atoms with Crippen LogP contribution in [0, 0.1) is 5.92 Å². The van der Waals surface area contributed by atoms with Crippen molar-refractivity contribution in [2.75, 3.05) is 18.4 Å². The minimum atomic E-state index is -0.687. The number of thiazole rings is 1. The van der Waals surface area contributed by atoms with Crippen molar-refractivity contribution < 1.29 is 9.59 Å². The van der Waals surface area contributed by atoms with Gasteiger partial charge in [-0.2, -0.15) is 0 Å². The van der Waals surface area contributed by atoms with Gasteiger partial charge in [0.2, 0.25) is 5.91 Å². The van der Waals surface area contributed by atoms with E-state index in [1.807, 2.05) is 19.2 Å². The van der Waals surface area contributed by atoms with Crippen LogP contribution in [0.15, 0.2) is 29.6 Å². The van der Waals surface area contributed by atoms with E-state index in [4.69, 9.17) is 11.6 Å². The highest BCUT2D eigenvalue weighted by molar-refractivity contribution is 7.13. The van der Waals surface area contributed by atoms with Crippen LogP contribution in [0.1, 0.15) is 49.2 Å².